The van der Waals surface area contributed by atoms with Gasteiger partial charge < -0.3 is 26.0 Å². The van der Waals surface area contributed by atoms with Gasteiger partial charge in [-0.1, -0.05) is 29.8 Å². The Morgan fingerprint density at radius 3 is 2.34 bits per heavy atom. The minimum atomic E-state index is -0.804. The van der Waals surface area contributed by atoms with Gasteiger partial charge in [0.05, 0.1) is 12.5 Å². The highest BCUT2D eigenvalue weighted by Crippen LogP contribution is 2.25. The zero-order valence-corrected chi connectivity index (χ0v) is 16.9. The summed E-state index contributed by atoms with van der Waals surface area (Å²) in [5, 5.41) is 5.48. The number of carbonyl (C=O) groups excluding carboxylic acids is 3. The van der Waals surface area contributed by atoms with E-state index in [4.69, 9.17) is 22.1 Å². The number of anilines is 2. The molecule has 0 bridgehead atoms. The third-order valence-electron chi connectivity index (χ3n) is 4.00. The molecule has 29 heavy (non-hydrogen) atoms. The summed E-state index contributed by atoms with van der Waals surface area (Å²) in [7, 11) is 3.83. The van der Waals surface area contributed by atoms with Crippen LogP contribution in [0.2, 0.25) is 5.02 Å². The number of nitrogens with two attached hydrogens (primary N) is 1. The van der Waals surface area contributed by atoms with Crippen LogP contribution in [0.15, 0.2) is 48.5 Å². The number of hydrogen-bond donors (Lipinski definition) is 3. The van der Waals surface area contributed by atoms with E-state index < -0.39 is 30.6 Å². The largest absolute Gasteiger partial charge is 0.455 e. The lowest BCUT2D eigenvalue weighted by Gasteiger charge is -2.18. The number of primary amides is 1. The number of ether oxygens (including phenoxy) is 1. The second-order valence-corrected chi connectivity index (χ2v) is 6.84. The quantitative estimate of drug-likeness (QED) is 0.570. The van der Waals surface area contributed by atoms with Crippen molar-refractivity contribution in [1.82, 2.24) is 5.32 Å². The van der Waals surface area contributed by atoms with Crippen LogP contribution in [-0.4, -0.2) is 38.6 Å². The molecule has 9 heteroatoms. The first-order valence-electron chi connectivity index (χ1n) is 8.79. The second-order valence-electron chi connectivity index (χ2n) is 6.44. The molecule has 3 amide bonds. The number of urea groups is 1. The normalized spacial score (nSPS) is 11.3. The van der Waals surface area contributed by atoms with Gasteiger partial charge in [-0.15, -0.1) is 0 Å². The van der Waals surface area contributed by atoms with Crippen LogP contribution in [-0.2, 0) is 14.3 Å². The van der Waals surface area contributed by atoms with Crippen LogP contribution in [0.4, 0.5) is 16.2 Å². The molecule has 0 spiro atoms. The SMILES string of the molecule is CN(C)c1ccc(NC(=O)COC(=O)C[C@H](NC(N)=O)c2ccccc2Cl)cc1. The molecule has 0 aliphatic heterocycles. The van der Waals surface area contributed by atoms with Crippen molar-refractivity contribution in [2.45, 2.75) is 12.5 Å². The topological polar surface area (TPSA) is 114 Å². The Morgan fingerprint density at radius 2 is 1.76 bits per heavy atom. The molecule has 154 valence electrons. The minimum absolute atomic E-state index is 0.225. The van der Waals surface area contributed by atoms with E-state index >= 15 is 0 Å². The lowest BCUT2D eigenvalue weighted by molar-refractivity contribution is -0.147. The molecule has 0 unspecified atom stereocenters. The molecule has 0 heterocycles. The predicted molar refractivity (Wildman–Crippen MR) is 112 cm³/mol. The van der Waals surface area contributed by atoms with Gasteiger partial charge in [0.2, 0.25) is 0 Å². The molecule has 2 aromatic rings. The fraction of sp³-hybridized carbons (Fsp3) is 0.250. The number of benzene rings is 2. The van der Waals surface area contributed by atoms with Crippen molar-refractivity contribution in [2.24, 2.45) is 5.73 Å². The fourth-order valence-electron chi connectivity index (χ4n) is 2.58. The van der Waals surface area contributed by atoms with Crippen molar-refractivity contribution < 1.29 is 19.1 Å². The van der Waals surface area contributed by atoms with E-state index in [0.29, 0.717) is 16.3 Å². The molecule has 0 radical (unpaired) electrons. The highest BCUT2D eigenvalue weighted by atomic mass is 35.5. The van der Waals surface area contributed by atoms with Gasteiger partial charge in [-0.25, -0.2) is 4.79 Å². The van der Waals surface area contributed by atoms with Crippen LogP contribution in [0.5, 0.6) is 0 Å². The summed E-state index contributed by atoms with van der Waals surface area (Å²) >= 11 is 6.12. The van der Waals surface area contributed by atoms with Gasteiger partial charge in [0.15, 0.2) is 6.61 Å². The molecule has 0 aromatic heterocycles. The van der Waals surface area contributed by atoms with E-state index in [1.54, 1.807) is 36.4 Å². The summed E-state index contributed by atoms with van der Waals surface area (Å²) in [5.41, 5.74) is 7.28. The van der Waals surface area contributed by atoms with Crippen molar-refractivity contribution in [3.63, 3.8) is 0 Å². The van der Waals surface area contributed by atoms with Crippen LogP contribution in [0, 0.1) is 0 Å². The number of esters is 1. The third kappa shape index (κ3) is 7.00. The van der Waals surface area contributed by atoms with Crippen molar-refractivity contribution in [3.8, 4) is 0 Å². The smallest absolute Gasteiger partial charge is 0.312 e. The Hall–Kier alpha value is -3.26. The van der Waals surface area contributed by atoms with Crippen molar-refractivity contribution in [3.05, 3.63) is 59.1 Å². The highest BCUT2D eigenvalue weighted by Gasteiger charge is 2.21. The Balaban J connectivity index is 1.90. The summed E-state index contributed by atoms with van der Waals surface area (Å²) < 4.78 is 5.02. The Labute approximate surface area is 174 Å². The first-order valence-corrected chi connectivity index (χ1v) is 9.17. The molecule has 1 atom stereocenters. The first kappa shape index (κ1) is 22.0. The summed E-state index contributed by atoms with van der Waals surface area (Å²) in [6.45, 7) is -0.458. The number of carbonyl (C=O) groups is 3. The molecule has 0 saturated heterocycles. The van der Waals surface area contributed by atoms with Gasteiger partial charge in [-0.3, -0.25) is 9.59 Å². The van der Waals surface area contributed by atoms with E-state index in [2.05, 4.69) is 10.6 Å². The average Bonchev–Trinajstić information content (AvgIpc) is 2.66. The lowest BCUT2D eigenvalue weighted by atomic mass is 10.0. The van der Waals surface area contributed by atoms with E-state index in [-0.39, 0.29) is 6.42 Å². The molecule has 4 N–H and O–H groups in total. The monoisotopic (exact) mass is 418 g/mol. The summed E-state index contributed by atoms with van der Waals surface area (Å²) in [6.07, 6.45) is -0.225. The van der Waals surface area contributed by atoms with E-state index in [1.807, 2.05) is 31.1 Å². The maximum atomic E-state index is 12.2. The van der Waals surface area contributed by atoms with Crippen LogP contribution in [0.25, 0.3) is 0 Å². The van der Waals surface area contributed by atoms with Gasteiger partial charge in [-0.05, 0) is 35.9 Å². The molecule has 2 rings (SSSR count). The Morgan fingerprint density at radius 1 is 1.10 bits per heavy atom. The number of nitrogens with zero attached hydrogens (tertiary/aromatic N) is 1. The fourth-order valence-corrected chi connectivity index (χ4v) is 2.85. The van der Waals surface area contributed by atoms with Gasteiger partial charge in [0, 0.05) is 30.5 Å². The maximum absolute atomic E-state index is 12.2. The van der Waals surface area contributed by atoms with Crippen LogP contribution in [0.1, 0.15) is 18.0 Å². The highest BCUT2D eigenvalue weighted by molar-refractivity contribution is 6.31. The summed E-state index contributed by atoms with van der Waals surface area (Å²) in [6, 6.07) is 12.4. The van der Waals surface area contributed by atoms with Crippen molar-refractivity contribution >= 4 is 40.9 Å². The number of nitrogens with one attached hydrogen (secondary N) is 2. The van der Waals surface area contributed by atoms with E-state index in [0.717, 1.165) is 5.69 Å². The van der Waals surface area contributed by atoms with Crippen LogP contribution >= 0.6 is 11.6 Å². The minimum Gasteiger partial charge on any atom is -0.455 e. The number of amides is 3. The number of hydrogen-bond acceptors (Lipinski definition) is 5. The first-order chi connectivity index (χ1) is 13.8. The molecule has 0 fully saturated rings. The molecular weight excluding hydrogens is 396 g/mol. The average molecular weight is 419 g/mol. The lowest BCUT2D eigenvalue weighted by Crippen LogP contribution is -2.35. The van der Waals surface area contributed by atoms with Gasteiger partial charge in [-0.2, -0.15) is 0 Å². The van der Waals surface area contributed by atoms with Gasteiger partial charge in [0.25, 0.3) is 5.91 Å². The zero-order chi connectivity index (χ0) is 21.4. The van der Waals surface area contributed by atoms with Crippen molar-refractivity contribution in [2.75, 3.05) is 30.9 Å². The van der Waals surface area contributed by atoms with E-state index in [9.17, 15) is 14.4 Å². The third-order valence-corrected chi connectivity index (χ3v) is 4.34. The predicted octanol–water partition coefficient (Wildman–Crippen LogP) is 2.69. The molecular formula is C20H23ClN4O4. The Kier molecular flexibility index (Phi) is 7.85. The Bertz CT molecular complexity index is 871. The maximum Gasteiger partial charge on any atom is 0.312 e. The zero-order valence-electron chi connectivity index (χ0n) is 16.1. The van der Waals surface area contributed by atoms with E-state index in [1.165, 1.54) is 0 Å². The second kappa shape index (κ2) is 10.3. The molecule has 0 aliphatic rings. The molecule has 8 nitrogen and oxygen atoms in total. The molecule has 0 aliphatic carbocycles. The summed E-state index contributed by atoms with van der Waals surface area (Å²) in [4.78, 5) is 37.4. The van der Waals surface area contributed by atoms with Gasteiger partial charge >= 0.3 is 12.0 Å². The van der Waals surface area contributed by atoms with Crippen molar-refractivity contribution in [1.29, 1.82) is 0 Å². The van der Waals surface area contributed by atoms with Crippen LogP contribution in [0.3, 0.4) is 0 Å². The summed E-state index contributed by atoms with van der Waals surface area (Å²) in [5.74, 6) is -1.16. The van der Waals surface area contributed by atoms with Crippen LogP contribution < -0.4 is 21.3 Å². The number of halogens is 1. The number of rotatable bonds is 8. The molecule has 2 aromatic carbocycles. The standard InChI is InChI=1S/C20H23ClN4O4/c1-25(2)14-9-7-13(8-10-14)23-18(26)12-29-19(27)11-17(24-20(22)28)15-5-3-4-6-16(15)21/h3-10,17H,11-12H2,1-2H3,(H,23,26)(H3,22,24,28)/t17-/m0/s1. The molecule has 0 saturated carbocycles. The van der Waals surface area contributed by atoms with Gasteiger partial charge in [0.1, 0.15) is 0 Å².